The lowest BCUT2D eigenvalue weighted by Crippen LogP contribution is -2.49. The van der Waals surface area contributed by atoms with Crippen molar-refractivity contribution in [2.45, 2.75) is 59.3 Å². The predicted octanol–water partition coefficient (Wildman–Crippen LogP) is 3.57. The number of carbonyl (C=O) groups is 1. The van der Waals surface area contributed by atoms with E-state index < -0.39 is 0 Å². The van der Waals surface area contributed by atoms with Gasteiger partial charge in [-0.1, -0.05) is 33.6 Å². The third-order valence-electron chi connectivity index (χ3n) is 5.34. The molecule has 0 spiro atoms. The Morgan fingerprint density at radius 3 is 2.71 bits per heavy atom. The monoisotopic (exact) mass is 194 g/mol. The molecular formula is C13H22O. The van der Waals surface area contributed by atoms with E-state index in [2.05, 4.69) is 20.8 Å². The molecule has 0 aromatic heterocycles. The van der Waals surface area contributed by atoms with Crippen LogP contribution in [0.1, 0.15) is 59.3 Å². The number of fused-ring (bicyclic) bond motifs is 1. The molecule has 0 radical (unpaired) electrons. The third-order valence-corrected chi connectivity index (χ3v) is 5.34. The van der Waals surface area contributed by atoms with Crippen molar-refractivity contribution in [3.8, 4) is 0 Å². The minimum Gasteiger partial charge on any atom is -0.300 e. The van der Waals surface area contributed by atoms with Gasteiger partial charge in [-0.2, -0.15) is 0 Å². The van der Waals surface area contributed by atoms with Crippen molar-refractivity contribution in [1.82, 2.24) is 0 Å². The smallest absolute Gasteiger partial charge is 0.133 e. The van der Waals surface area contributed by atoms with Gasteiger partial charge in [0, 0.05) is 12.8 Å². The quantitative estimate of drug-likeness (QED) is 0.576. The summed E-state index contributed by atoms with van der Waals surface area (Å²) in [4.78, 5) is 11.6. The summed E-state index contributed by atoms with van der Waals surface area (Å²) in [6, 6.07) is 0. The van der Waals surface area contributed by atoms with Gasteiger partial charge in [0.2, 0.25) is 0 Å². The fourth-order valence-corrected chi connectivity index (χ4v) is 3.76. The van der Waals surface area contributed by atoms with E-state index in [1.807, 2.05) is 0 Å². The molecule has 80 valence electrons. The Morgan fingerprint density at radius 1 is 1.29 bits per heavy atom. The lowest BCUT2D eigenvalue weighted by atomic mass is 9.48. The van der Waals surface area contributed by atoms with Crippen LogP contribution in [-0.2, 0) is 4.79 Å². The minimum atomic E-state index is 0.306. The summed E-state index contributed by atoms with van der Waals surface area (Å²) in [5.41, 5.74) is 0.735. The second-order valence-corrected chi connectivity index (χ2v) is 5.99. The van der Waals surface area contributed by atoms with Gasteiger partial charge in [-0.25, -0.2) is 0 Å². The molecule has 3 atom stereocenters. The maximum Gasteiger partial charge on any atom is 0.133 e. The first-order valence-electron chi connectivity index (χ1n) is 6.00. The molecule has 0 N–H and O–H groups in total. The zero-order chi connectivity index (χ0) is 10.4. The van der Waals surface area contributed by atoms with Crippen LogP contribution in [0.25, 0.3) is 0 Å². The Kier molecular flexibility index (Phi) is 2.24. The average molecular weight is 194 g/mol. The SMILES string of the molecule is C[C@@H]1CCC[C@@]2(C)CC(=O)CC[C@@]12C. The first-order chi connectivity index (χ1) is 6.48. The molecule has 0 saturated heterocycles. The Hall–Kier alpha value is -0.330. The second kappa shape index (κ2) is 3.08. The van der Waals surface area contributed by atoms with Crippen molar-refractivity contribution in [1.29, 1.82) is 0 Å². The zero-order valence-corrected chi connectivity index (χ0v) is 9.73. The Labute approximate surface area is 87.3 Å². The summed E-state index contributed by atoms with van der Waals surface area (Å²) in [6.45, 7) is 7.15. The first-order valence-corrected chi connectivity index (χ1v) is 6.00. The van der Waals surface area contributed by atoms with Crippen LogP contribution in [0.15, 0.2) is 0 Å². The first kappa shape index (κ1) is 10.2. The van der Waals surface area contributed by atoms with E-state index in [-0.39, 0.29) is 0 Å². The molecule has 2 fully saturated rings. The molecule has 2 aliphatic rings. The van der Waals surface area contributed by atoms with Crippen LogP contribution in [-0.4, -0.2) is 5.78 Å². The molecule has 0 amide bonds. The van der Waals surface area contributed by atoms with Gasteiger partial charge in [0.25, 0.3) is 0 Å². The summed E-state index contributed by atoms with van der Waals surface area (Å²) in [5, 5.41) is 0. The lowest BCUT2D eigenvalue weighted by Gasteiger charge is -2.56. The zero-order valence-electron chi connectivity index (χ0n) is 9.73. The van der Waals surface area contributed by atoms with Gasteiger partial charge in [-0.3, -0.25) is 4.79 Å². The fourth-order valence-electron chi connectivity index (χ4n) is 3.76. The molecule has 0 aliphatic heterocycles. The van der Waals surface area contributed by atoms with Crippen LogP contribution in [0, 0.1) is 16.7 Å². The average Bonchev–Trinajstić information content (AvgIpc) is 2.10. The Morgan fingerprint density at radius 2 is 2.00 bits per heavy atom. The minimum absolute atomic E-state index is 0.306. The van der Waals surface area contributed by atoms with Crippen LogP contribution in [0.4, 0.5) is 0 Å². The molecule has 0 unspecified atom stereocenters. The molecule has 14 heavy (non-hydrogen) atoms. The van der Waals surface area contributed by atoms with Crippen molar-refractivity contribution in [2.24, 2.45) is 16.7 Å². The number of rotatable bonds is 0. The van der Waals surface area contributed by atoms with Gasteiger partial charge >= 0.3 is 0 Å². The highest BCUT2D eigenvalue weighted by Crippen LogP contribution is 2.59. The highest BCUT2D eigenvalue weighted by atomic mass is 16.1. The van der Waals surface area contributed by atoms with E-state index in [0.29, 0.717) is 16.6 Å². The number of hydrogen-bond acceptors (Lipinski definition) is 1. The molecule has 2 aliphatic carbocycles. The van der Waals surface area contributed by atoms with Gasteiger partial charge < -0.3 is 0 Å². The van der Waals surface area contributed by atoms with E-state index in [9.17, 15) is 4.79 Å². The fraction of sp³-hybridized carbons (Fsp3) is 0.923. The summed E-state index contributed by atoms with van der Waals surface area (Å²) in [5.74, 6) is 1.30. The second-order valence-electron chi connectivity index (χ2n) is 5.99. The molecular weight excluding hydrogens is 172 g/mol. The van der Waals surface area contributed by atoms with Gasteiger partial charge in [-0.05, 0) is 29.6 Å². The molecule has 0 aromatic rings. The van der Waals surface area contributed by atoms with Crippen LogP contribution < -0.4 is 0 Å². The van der Waals surface area contributed by atoms with Crippen LogP contribution >= 0.6 is 0 Å². The van der Waals surface area contributed by atoms with Crippen molar-refractivity contribution in [3.05, 3.63) is 0 Å². The molecule has 2 rings (SSSR count). The van der Waals surface area contributed by atoms with Crippen molar-refractivity contribution >= 4 is 5.78 Å². The standard InChI is InChI=1S/C13H22O/c1-10-5-4-7-12(2)9-11(14)6-8-13(10,12)3/h10H,4-9H2,1-3H3/t10-,12+,13+/m1/s1. The normalized spacial score (nSPS) is 48.8. The largest absolute Gasteiger partial charge is 0.300 e. The van der Waals surface area contributed by atoms with E-state index >= 15 is 0 Å². The van der Waals surface area contributed by atoms with Crippen molar-refractivity contribution in [3.63, 3.8) is 0 Å². The lowest BCUT2D eigenvalue weighted by molar-refractivity contribution is -0.137. The topological polar surface area (TPSA) is 17.1 Å². The van der Waals surface area contributed by atoms with Gasteiger partial charge in [0.15, 0.2) is 0 Å². The molecule has 2 saturated carbocycles. The summed E-state index contributed by atoms with van der Waals surface area (Å²) < 4.78 is 0. The Balaban J connectivity index is 2.31. The van der Waals surface area contributed by atoms with Crippen molar-refractivity contribution < 1.29 is 4.79 Å². The highest BCUT2D eigenvalue weighted by Gasteiger charge is 2.52. The van der Waals surface area contributed by atoms with E-state index in [1.54, 1.807) is 0 Å². The molecule has 0 heterocycles. The van der Waals surface area contributed by atoms with E-state index in [1.165, 1.54) is 19.3 Å². The maximum atomic E-state index is 11.6. The molecule has 0 aromatic carbocycles. The van der Waals surface area contributed by atoms with E-state index in [0.717, 1.165) is 25.2 Å². The number of Topliss-reactive ketones (excluding diaryl/α,β-unsaturated/α-hetero) is 1. The summed E-state index contributed by atoms with van der Waals surface area (Å²) in [7, 11) is 0. The van der Waals surface area contributed by atoms with Gasteiger partial charge in [0.05, 0.1) is 0 Å². The Bertz CT molecular complexity index is 258. The van der Waals surface area contributed by atoms with Gasteiger partial charge in [-0.15, -0.1) is 0 Å². The predicted molar refractivity (Wildman–Crippen MR) is 58.1 cm³/mol. The molecule has 0 bridgehead atoms. The van der Waals surface area contributed by atoms with Crippen LogP contribution in [0.2, 0.25) is 0 Å². The maximum absolute atomic E-state index is 11.6. The van der Waals surface area contributed by atoms with Crippen LogP contribution in [0.5, 0.6) is 0 Å². The molecule has 1 heteroatoms. The molecule has 1 nitrogen and oxygen atoms in total. The third kappa shape index (κ3) is 1.24. The number of carbonyl (C=O) groups excluding carboxylic acids is 1. The van der Waals surface area contributed by atoms with Crippen molar-refractivity contribution in [2.75, 3.05) is 0 Å². The number of hydrogen-bond donors (Lipinski definition) is 0. The van der Waals surface area contributed by atoms with Crippen LogP contribution in [0.3, 0.4) is 0 Å². The van der Waals surface area contributed by atoms with E-state index in [4.69, 9.17) is 0 Å². The highest BCUT2D eigenvalue weighted by molar-refractivity contribution is 5.80. The summed E-state index contributed by atoms with van der Waals surface area (Å²) in [6.07, 6.45) is 6.74. The number of ketones is 1. The van der Waals surface area contributed by atoms with Gasteiger partial charge in [0.1, 0.15) is 5.78 Å². The summed E-state index contributed by atoms with van der Waals surface area (Å²) >= 11 is 0.